The molecule has 2 aromatic carbocycles. The van der Waals surface area contributed by atoms with Crippen LogP contribution in [-0.4, -0.2) is 26.6 Å². The minimum absolute atomic E-state index is 0. The first-order valence-electron chi connectivity index (χ1n) is 7.48. The molecule has 0 radical (unpaired) electrons. The van der Waals surface area contributed by atoms with Crippen LogP contribution in [-0.2, 0) is 4.79 Å². The molecular weight excluding hydrogens is 347 g/mol. The summed E-state index contributed by atoms with van der Waals surface area (Å²) in [6, 6.07) is 14.8. The van der Waals surface area contributed by atoms with Gasteiger partial charge in [0.15, 0.2) is 0 Å². The Morgan fingerprint density at radius 3 is 2.38 bits per heavy atom. The molecule has 1 unspecified atom stereocenters. The molecule has 0 fully saturated rings. The van der Waals surface area contributed by atoms with Crippen LogP contribution >= 0.6 is 24.0 Å². The van der Waals surface area contributed by atoms with Gasteiger partial charge in [0, 0.05) is 23.6 Å². The van der Waals surface area contributed by atoms with E-state index >= 15 is 0 Å². The van der Waals surface area contributed by atoms with Crippen molar-refractivity contribution in [1.82, 2.24) is 10.6 Å². The van der Waals surface area contributed by atoms with Crippen molar-refractivity contribution in [3.8, 4) is 5.75 Å². The van der Waals surface area contributed by atoms with Crippen molar-refractivity contribution in [2.45, 2.75) is 12.5 Å². The Balaban J connectivity index is 0.00000288. The van der Waals surface area contributed by atoms with Crippen LogP contribution in [0.25, 0.3) is 0 Å². The second-order valence-electron chi connectivity index (χ2n) is 5.12. The van der Waals surface area contributed by atoms with Crippen LogP contribution in [0.2, 0.25) is 5.02 Å². The summed E-state index contributed by atoms with van der Waals surface area (Å²) in [5.74, 6) is 0.668. The van der Waals surface area contributed by atoms with Crippen LogP contribution in [0.1, 0.15) is 23.6 Å². The molecule has 24 heavy (non-hydrogen) atoms. The lowest BCUT2D eigenvalue weighted by molar-refractivity contribution is -0.121. The molecule has 2 aromatic rings. The lowest BCUT2D eigenvalue weighted by Gasteiger charge is -2.23. The molecule has 0 spiro atoms. The van der Waals surface area contributed by atoms with Crippen molar-refractivity contribution in [2.24, 2.45) is 0 Å². The van der Waals surface area contributed by atoms with Crippen molar-refractivity contribution < 1.29 is 9.53 Å². The number of carbonyl (C=O) groups is 1. The monoisotopic (exact) mass is 368 g/mol. The van der Waals surface area contributed by atoms with Gasteiger partial charge in [-0.3, -0.25) is 4.79 Å². The van der Waals surface area contributed by atoms with E-state index in [2.05, 4.69) is 10.6 Å². The van der Waals surface area contributed by atoms with Gasteiger partial charge in [0.05, 0.1) is 13.2 Å². The first-order valence-corrected chi connectivity index (χ1v) is 7.86. The highest BCUT2D eigenvalue weighted by atomic mass is 35.5. The van der Waals surface area contributed by atoms with Gasteiger partial charge in [-0.1, -0.05) is 48.0 Å². The van der Waals surface area contributed by atoms with Crippen LogP contribution < -0.4 is 15.4 Å². The van der Waals surface area contributed by atoms with Crippen molar-refractivity contribution in [3.63, 3.8) is 0 Å². The van der Waals surface area contributed by atoms with Crippen LogP contribution in [0.4, 0.5) is 0 Å². The van der Waals surface area contributed by atoms with Gasteiger partial charge in [-0.15, -0.1) is 12.4 Å². The zero-order valence-corrected chi connectivity index (χ0v) is 15.3. The van der Waals surface area contributed by atoms with Gasteiger partial charge in [-0.25, -0.2) is 0 Å². The number of nitrogens with one attached hydrogen (secondary N) is 2. The van der Waals surface area contributed by atoms with Gasteiger partial charge in [-0.05, 0) is 24.7 Å². The third-order valence-electron chi connectivity index (χ3n) is 3.57. The average molecular weight is 369 g/mol. The van der Waals surface area contributed by atoms with Crippen LogP contribution in [0, 0.1) is 0 Å². The fraction of sp³-hybridized carbons (Fsp3) is 0.278. The Hall–Kier alpha value is -1.75. The van der Waals surface area contributed by atoms with E-state index in [0.717, 1.165) is 11.1 Å². The molecule has 6 heteroatoms. The number of para-hydroxylation sites is 1. The third kappa shape index (κ3) is 5.13. The highest BCUT2D eigenvalue weighted by molar-refractivity contribution is 6.31. The summed E-state index contributed by atoms with van der Waals surface area (Å²) < 4.78 is 5.44. The van der Waals surface area contributed by atoms with Crippen molar-refractivity contribution in [2.75, 3.05) is 20.7 Å². The normalized spacial score (nSPS) is 11.3. The van der Waals surface area contributed by atoms with E-state index in [1.807, 2.05) is 55.6 Å². The summed E-state index contributed by atoms with van der Waals surface area (Å²) in [5, 5.41) is 6.64. The van der Waals surface area contributed by atoms with Gasteiger partial charge in [0.1, 0.15) is 5.75 Å². The molecule has 0 saturated heterocycles. The summed E-state index contributed by atoms with van der Waals surface area (Å²) in [7, 11) is 3.43. The Morgan fingerprint density at radius 2 is 1.75 bits per heavy atom. The van der Waals surface area contributed by atoms with Crippen molar-refractivity contribution in [3.05, 3.63) is 64.7 Å². The van der Waals surface area contributed by atoms with Gasteiger partial charge in [0.2, 0.25) is 5.91 Å². The average Bonchev–Trinajstić information content (AvgIpc) is 2.58. The van der Waals surface area contributed by atoms with E-state index in [4.69, 9.17) is 16.3 Å². The highest BCUT2D eigenvalue weighted by Crippen LogP contribution is 2.33. The van der Waals surface area contributed by atoms with E-state index in [1.54, 1.807) is 7.11 Å². The standard InChI is InChI=1S/C18H21ClN2O2.ClH/c1-20-12-11-17(22)21-18(13-7-3-5-9-15(13)19)14-8-4-6-10-16(14)23-2;/h3-10,18,20H,11-12H2,1-2H3,(H,21,22);1H. The predicted octanol–water partition coefficient (Wildman–Crippen LogP) is 3.59. The number of hydrogen-bond acceptors (Lipinski definition) is 3. The van der Waals surface area contributed by atoms with Gasteiger partial charge in [-0.2, -0.15) is 0 Å². The Kier molecular flexibility index (Phi) is 8.61. The number of hydrogen-bond donors (Lipinski definition) is 2. The SMILES string of the molecule is CNCCC(=O)NC(c1ccccc1Cl)c1ccccc1OC.Cl. The Bertz CT molecular complexity index is 665. The molecule has 0 bridgehead atoms. The first-order chi connectivity index (χ1) is 11.2. The smallest absolute Gasteiger partial charge is 0.222 e. The minimum atomic E-state index is -0.357. The number of methoxy groups -OCH3 is 1. The summed E-state index contributed by atoms with van der Waals surface area (Å²) in [6.07, 6.45) is 0.395. The molecule has 0 aliphatic heterocycles. The van der Waals surface area contributed by atoms with Crippen molar-refractivity contribution in [1.29, 1.82) is 0 Å². The summed E-state index contributed by atoms with van der Waals surface area (Å²) in [4.78, 5) is 12.2. The van der Waals surface area contributed by atoms with Crippen molar-refractivity contribution >= 4 is 29.9 Å². The molecule has 1 amide bonds. The van der Waals surface area contributed by atoms with Crippen LogP contribution in [0.3, 0.4) is 0 Å². The minimum Gasteiger partial charge on any atom is -0.496 e. The molecule has 0 aliphatic carbocycles. The second kappa shape index (κ2) is 10.2. The molecule has 0 aromatic heterocycles. The number of halogens is 2. The Labute approximate surface area is 154 Å². The fourth-order valence-electron chi connectivity index (χ4n) is 2.41. The zero-order valence-electron chi connectivity index (χ0n) is 13.7. The molecule has 0 heterocycles. The zero-order chi connectivity index (χ0) is 16.7. The predicted molar refractivity (Wildman–Crippen MR) is 100 cm³/mol. The maximum atomic E-state index is 12.2. The van der Waals surface area contributed by atoms with Gasteiger partial charge in [0.25, 0.3) is 0 Å². The van der Waals surface area contributed by atoms with E-state index in [1.165, 1.54) is 0 Å². The molecule has 4 nitrogen and oxygen atoms in total. The lowest BCUT2D eigenvalue weighted by atomic mass is 9.97. The Morgan fingerprint density at radius 1 is 1.12 bits per heavy atom. The van der Waals surface area contributed by atoms with E-state index in [9.17, 15) is 4.79 Å². The molecule has 130 valence electrons. The molecular formula is C18H22Cl2N2O2. The summed E-state index contributed by atoms with van der Waals surface area (Å²) >= 11 is 6.35. The largest absolute Gasteiger partial charge is 0.496 e. The molecule has 0 aliphatic rings. The molecule has 0 saturated carbocycles. The van der Waals surface area contributed by atoms with Crippen LogP contribution in [0.15, 0.2) is 48.5 Å². The first kappa shape index (κ1) is 20.3. The summed E-state index contributed by atoms with van der Waals surface area (Å²) in [6.45, 7) is 0.618. The fourth-order valence-corrected chi connectivity index (χ4v) is 2.65. The number of benzene rings is 2. The third-order valence-corrected chi connectivity index (χ3v) is 3.92. The number of rotatable bonds is 7. The molecule has 2 N–H and O–H groups in total. The van der Waals surface area contributed by atoms with Gasteiger partial charge < -0.3 is 15.4 Å². The van der Waals surface area contributed by atoms with E-state index in [-0.39, 0.29) is 24.4 Å². The van der Waals surface area contributed by atoms with E-state index in [0.29, 0.717) is 23.7 Å². The number of ether oxygens (including phenoxy) is 1. The topological polar surface area (TPSA) is 50.4 Å². The molecule has 2 rings (SSSR count). The molecule has 1 atom stereocenters. The quantitative estimate of drug-likeness (QED) is 0.784. The van der Waals surface area contributed by atoms with Crippen LogP contribution in [0.5, 0.6) is 5.75 Å². The van der Waals surface area contributed by atoms with E-state index < -0.39 is 0 Å². The highest BCUT2D eigenvalue weighted by Gasteiger charge is 2.22. The van der Waals surface area contributed by atoms with Gasteiger partial charge >= 0.3 is 0 Å². The second-order valence-corrected chi connectivity index (χ2v) is 5.52. The number of amides is 1. The number of carbonyl (C=O) groups excluding carboxylic acids is 1. The maximum Gasteiger partial charge on any atom is 0.222 e. The maximum absolute atomic E-state index is 12.2. The lowest BCUT2D eigenvalue weighted by Crippen LogP contribution is -2.31. The summed E-state index contributed by atoms with van der Waals surface area (Å²) in [5.41, 5.74) is 1.72.